The van der Waals surface area contributed by atoms with Crippen LogP contribution in [0.2, 0.25) is 0 Å². The molecule has 0 radical (unpaired) electrons. The van der Waals surface area contributed by atoms with Crippen LogP contribution in [-0.4, -0.2) is 84.6 Å². The van der Waals surface area contributed by atoms with Crippen LogP contribution in [0.4, 0.5) is 0 Å². The molecule has 6 rings (SSSR count). The van der Waals surface area contributed by atoms with Gasteiger partial charge in [-0.3, -0.25) is 14.6 Å². The van der Waals surface area contributed by atoms with Crippen molar-refractivity contribution in [3.8, 4) is 0 Å². The van der Waals surface area contributed by atoms with Crippen molar-refractivity contribution in [1.29, 1.82) is 0 Å². The second-order valence-corrected chi connectivity index (χ2v) is 13.8. The number of carbonyl (C=O) groups excluding carboxylic acids is 1. The summed E-state index contributed by atoms with van der Waals surface area (Å²) in [5.74, 6) is 2.60. The number of esters is 1. The number of morpholine rings is 1. The Balaban J connectivity index is 1.25. The third kappa shape index (κ3) is 4.17. The lowest BCUT2D eigenvalue weighted by Gasteiger charge is -2.62. The molecule has 0 bridgehead atoms. The second kappa shape index (κ2) is 9.81. The van der Waals surface area contributed by atoms with E-state index in [1.54, 1.807) is 6.92 Å². The average molecular weight is 503 g/mol. The van der Waals surface area contributed by atoms with Crippen molar-refractivity contribution in [2.75, 3.05) is 39.4 Å². The Bertz CT molecular complexity index is 811. The number of aliphatic hydroxyl groups is 1. The van der Waals surface area contributed by atoms with Gasteiger partial charge in [0.2, 0.25) is 0 Å². The number of nitrogens with zero attached hydrogens (tertiary/aromatic N) is 2. The summed E-state index contributed by atoms with van der Waals surface area (Å²) in [5.41, 5.74) is 0.364. The van der Waals surface area contributed by atoms with E-state index in [1.807, 2.05) is 0 Å². The van der Waals surface area contributed by atoms with Crippen LogP contribution in [0.25, 0.3) is 0 Å². The van der Waals surface area contributed by atoms with Crippen LogP contribution in [0.5, 0.6) is 0 Å². The lowest BCUT2D eigenvalue weighted by atomic mass is 9.44. The standard InChI is InChI=1S/C30H50N2O4/c1-20(33)36-27-17-21-7-8-22-23(30(21,3)19-26(27)32-13-15-35-16-14-32)9-10-29(2)24(22)18-25(28(29)34)31-11-5-4-6-12-31/h21-28,34H,4-19H2,1-3H3/t21-,22+,23-,24-,25-,26-,27-,28-,29-,30-/m0/s1. The molecule has 0 aromatic rings. The SMILES string of the molecule is CC(=O)O[C@H]1C[C@@H]2CC[C@@H]3[C@H](CC[C@]4(C)[C@@H](O)[C@@H](N5CCCCC5)C[C@@H]34)[C@@]2(C)C[C@@H]1N1CCOCC1. The minimum atomic E-state index is -0.173. The number of hydrogen-bond donors (Lipinski definition) is 1. The van der Waals surface area contributed by atoms with Gasteiger partial charge in [-0.05, 0) is 105 Å². The zero-order valence-electron chi connectivity index (χ0n) is 23.0. The number of carbonyl (C=O) groups is 1. The number of aliphatic hydroxyl groups excluding tert-OH is 1. The largest absolute Gasteiger partial charge is 0.461 e. The molecule has 4 aliphatic carbocycles. The molecule has 4 saturated carbocycles. The van der Waals surface area contributed by atoms with Crippen LogP contribution in [-0.2, 0) is 14.3 Å². The van der Waals surface area contributed by atoms with E-state index in [1.165, 1.54) is 64.5 Å². The van der Waals surface area contributed by atoms with Crippen LogP contribution < -0.4 is 0 Å². The molecule has 36 heavy (non-hydrogen) atoms. The summed E-state index contributed by atoms with van der Waals surface area (Å²) in [6.45, 7) is 12.4. The molecule has 2 saturated heterocycles. The van der Waals surface area contributed by atoms with Crippen LogP contribution in [0.1, 0.15) is 85.0 Å². The van der Waals surface area contributed by atoms with Gasteiger partial charge >= 0.3 is 5.97 Å². The van der Waals surface area contributed by atoms with Crippen LogP contribution in [0.3, 0.4) is 0 Å². The van der Waals surface area contributed by atoms with Crippen molar-refractivity contribution in [1.82, 2.24) is 9.80 Å². The minimum Gasteiger partial charge on any atom is -0.461 e. The maximum Gasteiger partial charge on any atom is 0.302 e. The number of ether oxygens (including phenoxy) is 2. The molecular formula is C30H50N2O4. The summed E-state index contributed by atoms with van der Waals surface area (Å²) in [5, 5.41) is 11.7. The van der Waals surface area contributed by atoms with Gasteiger partial charge in [-0.15, -0.1) is 0 Å². The Labute approximate surface area is 218 Å². The first kappa shape index (κ1) is 25.6. The molecule has 6 aliphatic rings. The summed E-state index contributed by atoms with van der Waals surface area (Å²) in [4.78, 5) is 17.3. The van der Waals surface area contributed by atoms with Gasteiger partial charge in [-0.2, -0.15) is 0 Å². The van der Waals surface area contributed by atoms with E-state index in [0.29, 0.717) is 23.9 Å². The molecule has 0 unspecified atom stereocenters. The molecule has 6 fully saturated rings. The summed E-state index contributed by atoms with van der Waals surface area (Å²) < 4.78 is 11.7. The highest BCUT2D eigenvalue weighted by molar-refractivity contribution is 5.66. The number of likely N-dealkylation sites (tertiary alicyclic amines) is 1. The fourth-order valence-corrected chi connectivity index (χ4v) is 10.5. The van der Waals surface area contributed by atoms with Crippen molar-refractivity contribution in [3.63, 3.8) is 0 Å². The Morgan fingerprint density at radius 3 is 2.33 bits per heavy atom. The molecule has 1 N–H and O–H groups in total. The third-order valence-corrected chi connectivity index (χ3v) is 12.3. The molecule has 0 amide bonds. The molecular weight excluding hydrogens is 452 g/mol. The summed E-state index contributed by atoms with van der Waals surface area (Å²) in [6.07, 6.45) is 12.1. The molecule has 2 aliphatic heterocycles. The van der Waals surface area contributed by atoms with Crippen LogP contribution in [0, 0.1) is 34.5 Å². The van der Waals surface area contributed by atoms with Crippen molar-refractivity contribution in [3.05, 3.63) is 0 Å². The molecule has 0 aromatic carbocycles. The number of hydrogen-bond acceptors (Lipinski definition) is 6. The van der Waals surface area contributed by atoms with E-state index in [-0.39, 0.29) is 29.0 Å². The Kier molecular flexibility index (Phi) is 6.97. The smallest absolute Gasteiger partial charge is 0.302 e. The molecule has 0 aromatic heterocycles. The molecule has 0 spiro atoms. The van der Waals surface area contributed by atoms with E-state index in [4.69, 9.17) is 9.47 Å². The van der Waals surface area contributed by atoms with Crippen molar-refractivity contribution in [2.24, 2.45) is 34.5 Å². The van der Waals surface area contributed by atoms with Gasteiger partial charge in [0.05, 0.1) is 19.3 Å². The fraction of sp³-hybridized carbons (Fsp3) is 0.967. The number of fused-ring (bicyclic) bond motifs is 5. The molecule has 204 valence electrons. The van der Waals surface area contributed by atoms with Crippen molar-refractivity contribution < 1.29 is 19.4 Å². The first-order valence-corrected chi connectivity index (χ1v) is 15.2. The van der Waals surface area contributed by atoms with Gasteiger partial charge in [0.25, 0.3) is 0 Å². The first-order valence-electron chi connectivity index (χ1n) is 15.2. The lowest BCUT2D eigenvalue weighted by molar-refractivity contribution is -0.178. The van der Waals surface area contributed by atoms with Gasteiger partial charge in [0.15, 0.2) is 0 Å². The monoisotopic (exact) mass is 502 g/mol. The van der Waals surface area contributed by atoms with Gasteiger partial charge in [0.1, 0.15) is 6.10 Å². The third-order valence-electron chi connectivity index (χ3n) is 12.3. The van der Waals surface area contributed by atoms with Gasteiger partial charge in [-0.25, -0.2) is 0 Å². The van der Waals surface area contributed by atoms with Gasteiger partial charge in [-0.1, -0.05) is 20.3 Å². The highest BCUT2D eigenvalue weighted by atomic mass is 16.5. The van der Waals surface area contributed by atoms with Crippen LogP contribution >= 0.6 is 0 Å². The average Bonchev–Trinajstić information content (AvgIpc) is 3.15. The highest BCUT2D eigenvalue weighted by Gasteiger charge is 2.64. The lowest BCUT2D eigenvalue weighted by Crippen LogP contribution is -2.61. The van der Waals surface area contributed by atoms with Gasteiger partial charge < -0.3 is 14.6 Å². The van der Waals surface area contributed by atoms with E-state index in [0.717, 1.165) is 51.0 Å². The number of piperidine rings is 1. The van der Waals surface area contributed by atoms with E-state index < -0.39 is 0 Å². The summed E-state index contributed by atoms with van der Waals surface area (Å²) in [6, 6.07) is 0.673. The normalized spacial score (nSPS) is 50.1. The molecule has 6 nitrogen and oxygen atoms in total. The number of rotatable bonds is 3. The highest BCUT2D eigenvalue weighted by Crippen LogP contribution is 2.67. The Morgan fingerprint density at radius 1 is 0.889 bits per heavy atom. The van der Waals surface area contributed by atoms with E-state index in [2.05, 4.69) is 23.6 Å². The van der Waals surface area contributed by atoms with Crippen molar-refractivity contribution in [2.45, 2.75) is 109 Å². The Morgan fingerprint density at radius 2 is 1.61 bits per heavy atom. The first-order chi connectivity index (χ1) is 17.3. The summed E-state index contributed by atoms with van der Waals surface area (Å²) in [7, 11) is 0. The minimum absolute atomic E-state index is 0.0147. The quantitative estimate of drug-likeness (QED) is 0.587. The van der Waals surface area contributed by atoms with Crippen molar-refractivity contribution >= 4 is 5.97 Å². The summed E-state index contributed by atoms with van der Waals surface area (Å²) >= 11 is 0. The van der Waals surface area contributed by atoms with Gasteiger partial charge in [0, 0.05) is 32.1 Å². The molecule has 10 atom stereocenters. The maximum absolute atomic E-state index is 12.1. The molecule has 6 heteroatoms. The zero-order chi connectivity index (χ0) is 25.1. The topological polar surface area (TPSA) is 62.2 Å². The van der Waals surface area contributed by atoms with Crippen LogP contribution in [0.15, 0.2) is 0 Å². The zero-order valence-corrected chi connectivity index (χ0v) is 23.0. The fourth-order valence-electron chi connectivity index (χ4n) is 10.5. The second-order valence-electron chi connectivity index (χ2n) is 13.8. The van der Waals surface area contributed by atoms with E-state index in [9.17, 15) is 9.90 Å². The molecule has 2 heterocycles. The predicted molar refractivity (Wildman–Crippen MR) is 139 cm³/mol. The van der Waals surface area contributed by atoms with E-state index >= 15 is 0 Å². The maximum atomic E-state index is 12.1. The Hall–Kier alpha value is -0.690. The predicted octanol–water partition coefficient (Wildman–Crippen LogP) is 4.10.